The Balaban J connectivity index is 1.76. The summed E-state index contributed by atoms with van der Waals surface area (Å²) in [5.41, 5.74) is 12.3. The van der Waals surface area contributed by atoms with Crippen LogP contribution in [0.25, 0.3) is 11.3 Å². The molecule has 0 aliphatic heterocycles. The molecule has 8 heteroatoms. The van der Waals surface area contributed by atoms with Crippen LogP contribution in [0.15, 0.2) is 58.4 Å². The van der Waals surface area contributed by atoms with Crippen molar-refractivity contribution in [2.24, 2.45) is 5.73 Å². The summed E-state index contributed by atoms with van der Waals surface area (Å²) >= 11 is 4.80. The Hall–Kier alpha value is -2.55. The number of carbonyl (C=O) groups is 2. The number of benzene rings is 2. The zero-order valence-corrected chi connectivity index (χ0v) is 20.3. The minimum atomic E-state index is -0.617. The number of quaternary nitrogens is 1. The number of primary amides is 1. The quantitative estimate of drug-likeness (QED) is 0.334. The van der Waals surface area contributed by atoms with Crippen LogP contribution in [0, 0.1) is 6.92 Å². The zero-order valence-electron chi connectivity index (χ0n) is 17.9. The second-order valence-corrected chi connectivity index (χ2v) is 9.93. The van der Waals surface area contributed by atoms with Gasteiger partial charge >= 0.3 is 11.2 Å². The van der Waals surface area contributed by atoms with Crippen molar-refractivity contribution >= 4 is 44.3 Å². The average molecular weight is 514 g/mol. The molecule has 1 heterocycles. The minimum Gasteiger partial charge on any atom is -0.316 e. The third-order valence-corrected chi connectivity index (χ3v) is 7.46. The third-order valence-electron chi connectivity index (χ3n) is 6.00. The lowest BCUT2D eigenvalue weighted by Crippen LogP contribution is -2.72. The van der Waals surface area contributed by atoms with Crippen molar-refractivity contribution in [3.8, 4) is 11.3 Å². The molecule has 1 atom stereocenters. The van der Waals surface area contributed by atoms with Crippen molar-refractivity contribution in [2.75, 3.05) is 0 Å². The van der Waals surface area contributed by atoms with Gasteiger partial charge in [-0.3, -0.25) is 4.79 Å². The van der Waals surface area contributed by atoms with Crippen molar-refractivity contribution in [2.45, 2.75) is 45.1 Å². The van der Waals surface area contributed by atoms with E-state index in [0.29, 0.717) is 10.7 Å². The third kappa shape index (κ3) is 4.48. The molecule has 4 rings (SSSR count). The van der Waals surface area contributed by atoms with Gasteiger partial charge in [-0.05, 0) is 44.0 Å². The number of nitrogens with zero attached hydrogens (tertiary/aromatic N) is 2. The normalized spacial score (nSPS) is 16.3. The molecule has 1 fully saturated rings. The first-order chi connectivity index (χ1) is 15.4. The Morgan fingerprint density at radius 1 is 1.06 bits per heavy atom. The summed E-state index contributed by atoms with van der Waals surface area (Å²) in [5.74, 6) is -0.338. The summed E-state index contributed by atoms with van der Waals surface area (Å²) in [6.45, 7) is 1.96. The van der Waals surface area contributed by atoms with Crippen LogP contribution >= 0.6 is 27.3 Å². The highest BCUT2D eigenvalue weighted by molar-refractivity contribution is 9.10. The average Bonchev–Trinajstić information content (AvgIpc) is 3.29. The van der Waals surface area contributed by atoms with Crippen molar-refractivity contribution < 1.29 is 9.59 Å². The molecule has 1 aliphatic rings. The summed E-state index contributed by atoms with van der Waals surface area (Å²) in [5, 5.41) is 2.40. The van der Waals surface area contributed by atoms with Gasteiger partial charge in [-0.15, -0.1) is 0 Å². The molecule has 166 valence electrons. The number of aryl methyl sites for hydroxylation is 1. The molecule has 3 N–H and O–H groups in total. The van der Waals surface area contributed by atoms with E-state index in [2.05, 4.69) is 21.4 Å². The van der Waals surface area contributed by atoms with Gasteiger partial charge in [0.2, 0.25) is 0 Å². The zero-order chi connectivity index (χ0) is 22.7. The number of hydrogen-bond donors (Lipinski definition) is 2. The first-order valence-corrected chi connectivity index (χ1v) is 12.4. The van der Waals surface area contributed by atoms with Crippen LogP contribution in [0.5, 0.6) is 0 Å². The molecule has 1 unspecified atom stereocenters. The number of thiazole rings is 1. The molecule has 0 radical (unpaired) electrons. The van der Waals surface area contributed by atoms with Crippen LogP contribution in [-0.4, -0.2) is 23.0 Å². The standard InChI is InChI=1S/C24H25BrN4O2S/c1-16-7-9-18(10-8-16)22(30)28-29(23(26)31,20-5-3-2-4-6-20)24-27-21(15-32-24)17-11-13-19(25)14-12-17/h7-15,20H,2-6H2,1H3,(H2-,26,28,30,31)/p+1. The molecule has 1 saturated carbocycles. The molecule has 32 heavy (non-hydrogen) atoms. The van der Waals surface area contributed by atoms with Crippen LogP contribution in [0.4, 0.5) is 9.93 Å². The lowest BCUT2D eigenvalue weighted by Gasteiger charge is -2.38. The van der Waals surface area contributed by atoms with Crippen LogP contribution in [0.1, 0.15) is 48.0 Å². The maximum Gasteiger partial charge on any atom is 0.446 e. The fourth-order valence-electron chi connectivity index (χ4n) is 4.20. The topological polar surface area (TPSA) is 85.1 Å². The van der Waals surface area contributed by atoms with Gasteiger partial charge in [-0.2, -0.15) is 10.4 Å². The Kier molecular flexibility index (Phi) is 6.74. The maximum absolute atomic E-state index is 13.2. The number of urea groups is 1. The summed E-state index contributed by atoms with van der Waals surface area (Å²) in [4.78, 5) is 31.1. The van der Waals surface area contributed by atoms with Crippen molar-refractivity contribution in [1.82, 2.24) is 15.0 Å². The number of aromatic nitrogens is 1. The highest BCUT2D eigenvalue weighted by atomic mass is 79.9. The van der Waals surface area contributed by atoms with Gasteiger partial charge in [0, 0.05) is 33.8 Å². The second-order valence-electron chi connectivity index (χ2n) is 8.18. The predicted molar refractivity (Wildman–Crippen MR) is 132 cm³/mol. The lowest BCUT2D eigenvalue weighted by atomic mass is 9.94. The number of carbonyl (C=O) groups excluding carboxylic acids is 2. The minimum absolute atomic E-state index is 0.153. The molecular formula is C24H26BrN4O2S+. The number of rotatable bonds is 4. The molecule has 2 aromatic carbocycles. The molecule has 3 amide bonds. The summed E-state index contributed by atoms with van der Waals surface area (Å²) in [6.07, 6.45) is 4.68. The Bertz CT molecular complexity index is 1110. The highest BCUT2D eigenvalue weighted by Gasteiger charge is 2.50. The summed E-state index contributed by atoms with van der Waals surface area (Å²) in [6, 6.07) is 14.3. The van der Waals surface area contributed by atoms with E-state index < -0.39 is 10.6 Å². The second kappa shape index (κ2) is 9.52. The Labute approximate surface area is 200 Å². The fourth-order valence-corrected chi connectivity index (χ4v) is 5.47. The predicted octanol–water partition coefficient (Wildman–Crippen LogP) is 5.94. The number of nitrogens with one attached hydrogen (secondary N) is 1. The van der Waals surface area contributed by atoms with E-state index in [9.17, 15) is 9.59 Å². The molecule has 6 nitrogen and oxygen atoms in total. The monoisotopic (exact) mass is 513 g/mol. The Morgan fingerprint density at radius 3 is 2.34 bits per heavy atom. The lowest BCUT2D eigenvalue weighted by molar-refractivity contribution is 0.0743. The van der Waals surface area contributed by atoms with E-state index >= 15 is 0 Å². The van der Waals surface area contributed by atoms with Gasteiger partial charge in [0.1, 0.15) is 6.04 Å². The molecule has 3 aromatic rings. The van der Waals surface area contributed by atoms with Crippen LogP contribution < -0.4 is 15.8 Å². The molecule has 0 bridgehead atoms. The Morgan fingerprint density at radius 2 is 1.72 bits per heavy atom. The number of halogens is 1. The van der Waals surface area contributed by atoms with Gasteiger partial charge in [-0.25, -0.2) is 4.79 Å². The van der Waals surface area contributed by atoms with E-state index in [1.807, 2.05) is 48.7 Å². The van der Waals surface area contributed by atoms with Gasteiger partial charge in [0.05, 0.1) is 5.69 Å². The summed E-state index contributed by atoms with van der Waals surface area (Å²) in [7, 11) is 0. The SMILES string of the molecule is Cc1ccc(C(=O)N[N+](C(N)=O)(c2nc(-c3ccc(Br)cc3)cs2)C2CCCCC2)cc1. The number of nitrogens with two attached hydrogens (primary N) is 1. The van der Waals surface area contributed by atoms with Crippen molar-refractivity contribution in [3.63, 3.8) is 0 Å². The van der Waals surface area contributed by atoms with Crippen molar-refractivity contribution in [1.29, 1.82) is 0 Å². The molecule has 1 aliphatic carbocycles. The van der Waals surface area contributed by atoms with E-state index in [4.69, 9.17) is 10.7 Å². The first kappa shape index (κ1) is 22.6. The molecular weight excluding hydrogens is 488 g/mol. The number of amides is 3. The number of hydrogen-bond acceptors (Lipinski definition) is 4. The van der Waals surface area contributed by atoms with Crippen molar-refractivity contribution in [3.05, 3.63) is 69.5 Å². The van der Waals surface area contributed by atoms with Gasteiger partial charge < -0.3 is 5.73 Å². The van der Waals surface area contributed by atoms with Gasteiger partial charge in [0.15, 0.2) is 0 Å². The molecule has 1 aromatic heterocycles. The van der Waals surface area contributed by atoms with E-state index in [-0.39, 0.29) is 11.9 Å². The van der Waals surface area contributed by atoms with E-state index in [1.54, 1.807) is 12.1 Å². The molecule has 0 spiro atoms. The van der Waals surface area contributed by atoms with Gasteiger partial charge in [-0.1, -0.05) is 68.1 Å². The van der Waals surface area contributed by atoms with Crippen LogP contribution in [0.3, 0.4) is 0 Å². The fraction of sp³-hybridized carbons (Fsp3) is 0.292. The van der Waals surface area contributed by atoms with E-state index in [0.717, 1.165) is 53.4 Å². The highest BCUT2D eigenvalue weighted by Crippen LogP contribution is 2.37. The first-order valence-electron chi connectivity index (χ1n) is 10.7. The summed E-state index contributed by atoms with van der Waals surface area (Å²) < 4.78 is 0.528. The van der Waals surface area contributed by atoms with Crippen LogP contribution in [0.2, 0.25) is 0 Å². The molecule has 0 saturated heterocycles. The van der Waals surface area contributed by atoms with E-state index in [1.165, 1.54) is 11.3 Å². The van der Waals surface area contributed by atoms with Crippen LogP contribution in [-0.2, 0) is 0 Å². The smallest absolute Gasteiger partial charge is 0.316 e. The van der Waals surface area contributed by atoms with Gasteiger partial charge in [0.25, 0.3) is 5.91 Å². The maximum atomic E-state index is 13.2. The largest absolute Gasteiger partial charge is 0.446 e.